The first-order chi connectivity index (χ1) is 14.5. The fraction of sp³-hybridized carbons (Fsp3) is 0.250. The minimum absolute atomic E-state index is 0.198. The minimum Gasteiger partial charge on any atom is -0.467 e. The Morgan fingerprint density at radius 2 is 2.13 bits per heavy atom. The van der Waals surface area contributed by atoms with E-state index in [1.165, 1.54) is 11.3 Å². The molecule has 4 rings (SSSR count). The van der Waals surface area contributed by atoms with Crippen molar-refractivity contribution >= 4 is 57.2 Å². The number of aromatic nitrogens is 1. The number of benzene rings is 1. The number of carbonyl (C=O) groups is 2. The van der Waals surface area contributed by atoms with Crippen LogP contribution in [0.2, 0.25) is 10.0 Å². The van der Waals surface area contributed by atoms with Crippen LogP contribution in [0.3, 0.4) is 0 Å². The number of anilines is 2. The summed E-state index contributed by atoms with van der Waals surface area (Å²) in [5, 5.41) is 8.90. The molecule has 0 unspecified atom stereocenters. The molecule has 3 aromatic rings. The highest BCUT2D eigenvalue weighted by molar-refractivity contribution is 7.14. The van der Waals surface area contributed by atoms with E-state index in [0.717, 1.165) is 6.42 Å². The second kappa shape index (κ2) is 9.07. The molecule has 3 heterocycles. The van der Waals surface area contributed by atoms with E-state index in [1.54, 1.807) is 46.9 Å². The van der Waals surface area contributed by atoms with Crippen molar-refractivity contribution in [3.05, 3.63) is 63.5 Å². The van der Waals surface area contributed by atoms with Crippen molar-refractivity contribution in [2.45, 2.75) is 25.4 Å². The van der Waals surface area contributed by atoms with E-state index in [0.29, 0.717) is 39.6 Å². The third kappa shape index (κ3) is 4.45. The molecule has 1 fully saturated rings. The van der Waals surface area contributed by atoms with E-state index in [4.69, 9.17) is 27.6 Å². The van der Waals surface area contributed by atoms with Crippen LogP contribution in [0, 0.1) is 0 Å². The lowest BCUT2D eigenvalue weighted by atomic mass is 10.2. The number of hydrogen-bond acceptors (Lipinski definition) is 6. The highest BCUT2D eigenvalue weighted by Crippen LogP contribution is 2.33. The van der Waals surface area contributed by atoms with Gasteiger partial charge in [0.15, 0.2) is 5.13 Å². The number of furan rings is 1. The van der Waals surface area contributed by atoms with Gasteiger partial charge in [0, 0.05) is 11.9 Å². The summed E-state index contributed by atoms with van der Waals surface area (Å²) in [6.45, 7) is 0.799. The van der Waals surface area contributed by atoms with E-state index in [9.17, 15) is 9.59 Å². The minimum atomic E-state index is -0.520. The van der Waals surface area contributed by atoms with E-state index in [1.807, 2.05) is 0 Å². The van der Waals surface area contributed by atoms with Crippen molar-refractivity contribution in [3.63, 3.8) is 0 Å². The summed E-state index contributed by atoms with van der Waals surface area (Å²) >= 11 is 13.5. The van der Waals surface area contributed by atoms with Crippen LogP contribution in [0.15, 0.2) is 46.4 Å². The van der Waals surface area contributed by atoms with Gasteiger partial charge in [0.1, 0.15) is 17.5 Å². The van der Waals surface area contributed by atoms with Gasteiger partial charge >= 0.3 is 0 Å². The fourth-order valence-electron chi connectivity index (χ4n) is 3.28. The largest absolute Gasteiger partial charge is 0.467 e. The van der Waals surface area contributed by atoms with Gasteiger partial charge < -0.3 is 20.0 Å². The molecule has 2 amide bonds. The highest BCUT2D eigenvalue weighted by Gasteiger charge is 2.35. The van der Waals surface area contributed by atoms with E-state index in [-0.39, 0.29) is 24.1 Å². The Hall–Kier alpha value is -2.55. The monoisotopic (exact) mass is 464 g/mol. The van der Waals surface area contributed by atoms with Crippen molar-refractivity contribution in [1.82, 2.24) is 15.2 Å². The fourth-order valence-corrected chi connectivity index (χ4v) is 4.32. The third-order valence-corrected chi connectivity index (χ3v) is 6.33. The summed E-state index contributed by atoms with van der Waals surface area (Å²) in [6.07, 6.45) is 2.93. The van der Waals surface area contributed by atoms with E-state index >= 15 is 0 Å². The number of carbonyl (C=O) groups excluding carboxylic acids is 2. The van der Waals surface area contributed by atoms with Crippen molar-refractivity contribution in [1.29, 1.82) is 0 Å². The molecular formula is C20H18Cl2N4O3S. The van der Waals surface area contributed by atoms with Crippen molar-refractivity contribution in [2.75, 3.05) is 11.9 Å². The molecule has 1 saturated heterocycles. The van der Waals surface area contributed by atoms with Crippen LogP contribution in [-0.4, -0.2) is 34.3 Å². The number of nitrogens with one attached hydrogen (secondary N) is 2. The molecule has 1 atom stereocenters. The average molecular weight is 465 g/mol. The van der Waals surface area contributed by atoms with Crippen LogP contribution in [0.5, 0.6) is 0 Å². The van der Waals surface area contributed by atoms with E-state index in [2.05, 4.69) is 15.6 Å². The Morgan fingerprint density at radius 3 is 2.93 bits per heavy atom. The smallest absolute Gasteiger partial charge is 0.274 e. The zero-order valence-corrected chi connectivity index (χ0v) is 18.1. The summed E-state index contributed by atoms with van der Waals surface area (Å²) in [7, 11) is 0. The van der Waals surface area contributed by atoms with Crippen LogP contribution in [0.1, 0.15) is 29.1 Å². The van der Waals surface area contributed by atoms with Gasteiger partial charge in [-0.2, -0.15) is 0 Å². The second-order valence-electron chi connectivity index (χ2n) is 6.72. The second-order valence-corrected chi connectivity index (χ2v) is 8.36. The molecular weight excluding hydrogens is 447 g/mol. The molecule has 10 heteroatoms. The molecule has 1 aliphatic heterocycles. The number of thiazole rings is 1. The van der Waals surface area contributed by atoms with Gasteiger partial charge in [-0.15, -0.1) is 11.3 Å². The summed E-state index contributed by atoms with van der Waals surface area (Å²) < 4.78 is 5.23. The van der Waals surface area contributed by atoms with Gasteiger partial charge in [-0.1, -0.05) is 29.3 Å². The molecule has 0 spiro atoms. The lowest BCUT2D eigenvalue weighted by Crippen LogP contribution is -2.45. The Balaban J connectivity index is 1.42. The zero-order valence-electron chi connectivity index (χ0n) is 15.7. The Labute approximate surface area is 187 Å². The summed E-state index contributed by atoms with van der Waals surface area (Å²) in [5.74, 6) is 0.192. The predicted molar refractivity (Wildman–Crippen MR) is 116 cm³/mol. The maximum Gasteiger partial charge on any atom is 0.274 e. The molecule has 1 aromatic carbocycles. The van der Waals surface area contributed by atoms with Gasteiger partial charge in [0.05, 0.1) is 28.5 Å². The number of amides is 2. The standard InChI is InChI=1S/C20H18Cl2N4O3S/c21-13-5-1-6-14(17(13)22)24-20-25-15(11-30-20)19(28)26-8-2-7-16(26)18(27)23-10-12-4-3-9-29-12/h1,3-6,9,11,16H,2,7-8,10H2,(H,23,27)(H,24,25)/t16-/m1/s1. The first kappa shape index (κ1) is 20.7. The van der Waals surface area contributed by atoms with Gasteiger partial charge in [0.25, 0.3) is 5.91 Å². The molecule has 2 N–H and O–H groups in total. The Kier molecular flexibility index (Phi) is 6.26. The molecule has 0 bridgehead atoms. The Morgan fingerprint density at radius 1 is 1.27 bits per heavy atom. The van der Waals surface area contributed by atoms with Gasteiger partial charge in [-0.05, 0) is 37.1 Å². The third-order valence-electron chi connectivity index (χ3n) is 4.75. The normalized spacial score (nSPS) is 15.9. The van der Waals surface area contributed by atoms with Crippen LogP contribution >= 0.6 is 34.5 Å². The van der Waals surface area contributed by atoms with Crippen molar-refractivity contribution in [2.24, 2.45) is 0 Å². The van der Waals surface area contributed by atoms with Crippen LogP contribution in [0.4, 0.5) is 10.8 Å². The van der Waals surface area contributed by atoms with Crippen molar-refractivity contribution < 1.29 is 14.0 Å². The highest BCUT2D eigenvalue weighted by atomic mass is 35.5. The maximum atomic E-state index is 13.0. The molecule has 30 heavy (non-hydrogen) atoms. The molecule has 0 radical (unpaired) electrons. The van der Waals surface area contributed by atoms with Gasteiger partial charge in [-0.3, -0.25) is 9.59 Å². The zero-order chi connectivity index (χ0) is 21.1. The number of halogens is 2. The van der Waals surface area contributed by atoms with Gasteiger partial charge in [-0.25, -0.2) is 4.98 Å². The van der Waals surface area contributed by atoms with Crippen LogP contribution in [-0.2, 0) is 11.3 Å². The molecule has 0 saturated carbocycles. The summed E-state index contributed by atoms with van der Waals surface area (Å²) in [5.41, 5.74) is 0.889. The topological polar surface area (TPSA) is 87.5 Å². The quantitative estimate of drug-likeness (QED) is 0.551. The van der Waals surface area contributed by atoms with Gasteiger partial charge in [0.2, 0.25) is 5.91 Å². The number of likely N-dealkylation sites (tertiary alicyclic amines) is 1. The molecule has 7 nitrogen and oxygen atoms in total. The number of nitrogens with zero attached hydrogens (tertiary/aromatic N) is 2. The molecule has 2 aromatic heterocycles. The lowest BCUT2D eigenvalue weighted by Gasteiger charge is -2.23. The molecule has 0 aliphatic carbocycles. The van der Waals surface area contributed by atoms with Crippen LogP contribution < -0.4 is 10.6 Å². The average Bonchev–Trinajstić information content (AvgIpc) is 3.51. The number of hydrogen-bond donors (Lipinski definition) is 2. The van der Waals surface area contributed by atoms with Crippen LogP contribution in [0.25, 0.3) is 0 Å². The van der Waals surface area contributed by atoms with E-state index < -0.39 is 6.04 Å². The molecule has 1 aliphatic rings. The molecule has 156 valence electrons. The maximum absolute atomic E-state index is 13.0. The first-order valence-electron chi connectivity index (χ1n) is 9.30. The SMILES string of the molecule is O=C(NCc1ccco1)[C@H]1CCCN1C(=O)c1csc(Nc2cccc(Cl)c2Cl)n1. The lowest BCUT2D eigenvalue weighted by molar-refractivity contribution is -0.125. The first-order valence-corrected chi connectivity index (χ1v) is 10.9. The summed E-state index contributed by atoms with van der Waals surface area (Å²) in [4.78, 5) is 31.5. The van der Waals surface area contributed by atoms with Crippen molar-refractivity contribution in [3.8, 4) is 0 Å². The Bertz CT molecular complexity index is 1050. The predicted octanol–water partition coefficient (Wildman–Crippen LogP) is 4.71. The summed E-state index contributed by atoms with van der Waals surface area (Å²) in [6, 6.07) is 8.26. The number of rotatable bonds is 6.